The van der Waals surface area contributed by atoms with E-state index in [4.69, 9.17) is 18.9 Å². The Hall–Kier alpha value is -3.85. The lowest BCUT2D eigenvalue weighted by atomic mass is 9.95. The molecule has 0 unspecified atom stereocenters. The van der Waals surface area contributed by atoms with Crippen LogP contribution in [0.4, 0.5) is 0 Å². The molecule has 39 heavy (non-hydrogen) atoms. The van der Waals surface area contributed by atoms with E-state index in [0.717, 1.165) is 5.56 Å². The molecule has 9 heteroatoms. The maximum atomic E-state index is 14.0. The third-order valence-electron chi connectivity index (χ3n) is 5.98. The molecule has 2 heterocycles. The first-order valence-corrected chi connectivity index (χ1v) is 13.9. The summed E-state index contributed by atoms with van der Waals surface area (Å²) in [5.74, 6) is 1.39. The van der Waals surface area contributed by atoms with E-state index in [9.17, 15) is 9.59 Å². The van der Waals surface area contributed by atoms with Gasteiger partial charge in [0.25, 0.3) is 5.56 Å². The number of thiazole rings is 1. The molecule has 0 saturated carbocycles. The van der Waals surface area contributed by atoms with E-state index in [-0.39, 0.29) is 18.3 Å². The topological polar surface area (TPSA) is 88.4 Å². The predicted octanol–water partition coefficient (Wildman–Crippen LogP) is 4.38. The van der Waals surface area contributed by atoms with E-state index in [0.29, 0.717) is 56.6 Å². The molecule has 1 aromatic heterocycles. The predicted molar refractivity (Wildman–Crippen MR) is 151 cm³/mol. The minimum Gasteiger partial charge on any atom is -0.494 e. The Morgan fingerprint density at radius 2 is 1.79 bits per heavy atom. The third kappa shape index (κ3) is 5.93. The van der Waals surface area contributed by atoms with Crippen LogP contribution in [0.5, 0.6) is 17.2 Å². The van der Waals surface area contributed by atoms with Gasteiger partial charge in [-0.2, -0.15) is 0 Å². The summed E-state index contributed by atoms with van der Waals surface area (Å²) in [6.07, 6.45) is 1.69. The minimum absolute atomic E-state index is 0.102. The van der Waals surface area contributed by atoms with Gasteiger partial charge in [0.1, 0.15) is 23.3 Å². The average Bonchev–Trinajstić information content (AvgIpc) is 3.19. The fourth-order valence-corrected chi connectivity index (χ4v) is 5.50. The number of aromatic nitrogens is 1. The average molecular weight is 551 g/mol. The van der Waals surface area contributed by atoms with Gasteiger partial charge in [0.15, 0.2) is 4.80 Å². The molecule has 0 spiro atoms. The largest absolute Gasteiger partial charge is 0.494 e. The van der Waals surface area contributed by atoms with Crippen LogP contribution in [0.2, 0.25) is 0 Å². The van der Waals surface area contributed by atoms with Crippen molar-refractivity contribution >= 4 is 23.4 Å². The van der Waals surface area contributed by atoms with Crippen molar-refractivity contribution in [2.24, 2.45) is 4.99 Å². The molecule has 206 valence electrons. The third-order valence-corrected chi connectivity index (χ3v) is 6.96. The molecule has 0 bridgehead atoms. The summed E-state index contributed by atoms with van der Waals surface area (Å²) < 4.78 is 25.0. The van der Waals surface area contributed by atoms with Crippen LogP contribution in [0.3, 0.4) is 0 Å². The van der Waals surface area contributed by atoms with Crippen molar-refractivity contribution in [3.05, 3.63) is 84.5 Å². The molecule has 1 aliphatic rings. The Labute approximate surface area is 231 Å². The quantitative estimate of drug-likeness (QED) is 0.348. The number of carbonyl (C=O) groups is 1. The number of rotatable bonds is 10. The second-order valence-corrected chi connectivity index (χ2v) is 10.1. The summed E-state index contributed by atoms with van der Waals surface area (Å²) in [5, 5.41) is 0. The number of esters is 1. The summed E-state index contributed by atoms with van der Waals surface area (Å²) in [5.41, 5.74) is 1.97. The minimum atomic E-state index is -0.760. The van der Waals surface area contributed by atoms with Gasteiger partial charge in [0.05, 0.1) is 41.7 Å². The van der Waals surface area contributed by atoms with Crippen molar-refractivity contribution in [3.8, 4) is 17.2 Å². The van der Waals surface area contributed by atoms with E-state index in [1.807, 2.05) is 70.2 Å². The van der Waals surface area contributed by atoms with E-state index in [2.05, 4.69) is 4.99 Å². The second kappa shape index (κ2) is 12.3. The van der Waals surface area contributed by atoms with Crippen LogP contribution in [0, 0.1) is 0 Å². The first kappa shape index (κ1) is 28.2. The normalized spacial score (nSPS) is 15.2. The molecule has 0 amide bonds. The highest BCUT2D eigenvalue weighted by Gasteiger charge is 2.35. The highest BCUT2D eigenvalue weighted by Crippen LogP contribution is 2.36. The summed E-state index contributed by atoms with van der Waals surface area (Å²) >= 11 is 1.26. The van der Waals surface area contributed by atoms with Crippen molar-refractivity contribution in [1.82, 2.24) is 4.57 Å². The van der Waals surface area contributed by atoms with E-state index >= 15 is 0 Å². The number of fused-ring (bicyclic) bond motifs is 1. The van der Waals surface area contributed by atoms with Crippen molar-refractivity contribution < 1.29 is 23.7 Å². The highest BCUT2D eigenvalue weighted by atomic mass is 32.1. The van der Waals surface area contributed by atoms with Crippen molar-refractivity contribution in [2.45, 2.75) is 53.7 Å². The van der Waals surface area contributed by atoms with Crippen molar-refractivity contribution in [1.29, 1.82) is 0 Å². The van der Waals surface area contributed by atoms with E-state index in [1.165, 1.54) is 11.3 Å². The Kier molecular flexibility index (Phi) is 8.91. The molecule has 0 saturated heterocycles. The Balaban J connectivity index is 1.95. The zero-order valence-electron chi connectivity index (χ0n) is 23.1. The first-order chi connectivity index (χ1) is 18.8. The molecule has 0 radical (unpaired) electrons. The number of para-hydroxylation sites is 1. The smallest absolute Gasteiger partial charge is 0.338 e. The van der Waals surface area contributed by atoms with Crippen LogP contribution in [-0.4, -0.2) is 36.5 Å². The molecule has 8 nitrogen and oxygen atoms in total. The number of hydrogen-bond acceptors (Lipinski definition) is 8. The van der Waals surface area contributed by atoms with Crippen LogP contribution in [0.1, 0.15) is 58.7 Å². The number of ether oxygens (including phenoxy) is 4. The Bertz CT molecular complexity index is 1570. The SMILES string of the molecule is CCOC(=O)C1=C(C)N=c2s/c(=C/c3ccc(OCC)cc3OCC)c(=O)n2[C@@H]1c1ccccc1OC(C)C. The fourth-order valence-electron chi connectivity index (χ4n) is 4.47. The summed E-state index contributed by atoms with van der Waals surface area (Å²) in [4.78, 5) is 32.4. The maximum absolute atomic E-state index is 14.0. The van der Waals surface area contributed by atoms with Gasteiger partial charge in [-0.1, -0.05) is 29.5 Å². The molecular weight excluding hydrogens is 516 g/mol. The number of hydrogen-bond donors (Lipinski definition) is 0. The molecule has 0 N–H and O–H groups in total. The van der Waals surface area contributed by atoms with Crippen LogP contribution in [-0.2, 0) is 9.53 Å². The second-order valence-electron chi connectivity index (χ2n) is 9.07. The number of allylic oxidation sites excluding steroid dienone is 1. The van der Waals surface area contributed by atoms with Gasteiger partial charge >= 0.3 is 5.97 Å². The van der Waals surface area contributed by atoms with Gasteiger partial charge in [-0.3, -0.25) is 9.36 Å². The van der Waals surface area contributed by atoms with Crippen LogP contribution < -0.4 is 29.1 Å². The fraction of sp³-hybridized carbons (Fsp3) is 0.367. The molecule has 1 atom stereocenters. The monoisotopic (exact) mass is 550 g/mol. The van der Waals surface area contributed by atoms with Gasteiger partial charge in [0.2, 0.25) is 0 Å². The standard InChI is InChI=1S/C30H34N2O6S/c1-7-35-21-15-14-20(24(17-21)36-8-2)16-25-28(33)32-27(22-12-10-11-13-23(22)38-18(4)5)26(29(34)37-9-3)19(6)31-30(32)39-25/h10-18,27H,7-9H2,1-6H3/b25-16+/t27-/m1/s1. The number of carbonyl (C=O) groups excluding carboxylic acids is 1. The molecule has 0 aliphatic carbocycles. The Morgan fingerprint density at radius 3 is 2.49 bits per heavy atom. The molecule has 0 fully saturated rings. The molecule has 3 aromatic rings. The van der Waals surface area contributed by atoms with Crippen LogP contribution in [0.15, 0.2) is 63.5 Å². The van der Waals surface area contributed by atoms with E-state index < -0.39 is 12.0 Å². The van der Waals surface area contributed by atoms with Crippen molar-refractivity contribution in [2.75, 3.05) is 19.8 Å². The van der Waals surface area contributed by atoms with Gasteiger partial charge < -0.3 is 18.9 Å². The summed E-state index contributed by atoms with van der Waals surface area (Å²) in [7, 11) is 0. The number of benzene rings is 2. The van der Waals surface area contributed by atoms with Gasteiger partial charge in [-0.15, -0.1) is 0 Å². The van der Waals surface area contributed by atoms with Gasteiger partial charge in [0, 0.05) is 17.2 Å². The van der Waals surface area contributed by atoms with E-state index in [1.54, 1.807) is 24.5 Å². The van der Waals surface area contributed by atoms with Crippen molar-refractivity contribution in [3.63, 3.8) is 0 Å². The molecular formula is C30H34N2O6S. The molecule has 4 rings (SSSR count). The zero-order valence-corrected chi connectivity index (χ0v) is 24.0. The summed E-state index contributed by atoms with van der Waals surface area (Å²) in [6.45, 7) is 12.4. The molecule has 1 aliphatic heterocycles. The lowest BCUT2D eigenvalue weighted by molar-refractivity contribution is -0.139. The van der Waals surface area contributed by atoms with Crippen LogP contribution >= 0.6 is 11.3 Å². The number of nitrogens with zero attached hydrogens (tertiary/aromatic N) is 2. The molecule has 2 aromatic carbocycles. The van der Waals surface area contributed by atoms with Gasteiger partial charge in [-0.25, -0.2) is 9.79 Å². The maximum Gasteiger partial charge on any atom is 0.338 e. The Morgan fingerprint density at radius 1 is 1.05 bits per heavy atom. The zero-order chi connectivity index (χ0) is 28.1. The van der Waals surface area contributed by atoms with Crippen LogP contribution in [0.25, 0.3) is 6.08 Å². The van der Waals surface area contributed by atoms with Gasteiger partial charge in [-0.05, 0) is 65.8 Å². The highest BCUT2D eigenvalue weighted by molar-refractivity contribution is 7.07. The lowest BCUT2D eigenvalue weighted by Crippen LogP contribution is -2.40. The first-order valence-electron chi connectivity index (χ1n) is 13.1. The summed E-state index contributed by atoms with van der Waals surface area (Å²) in [6, 6.07) is 12.2. The lowest BCUT2D eigenvalue weighted by Gasteiger charge is -2.26.